The average Bonchev–Trinajstić information content (AvgIpc) is 3.03. The van der Waals surface area contributed by atoms with Crippen LogP contribution < -0.4 is 10.1 Å². The summed E-state index contributed by atoms with van der Waals surface area (Å²) in [5.74, 6) is 1.11. The van der Waals surface area contributed by atoms with Gasteiger partial charge in [0.15, 0.2) is 0 Å². The van der Waals surface area contributed by atoms with E-state index in [0.717, 1.165) is 62.1 Å². The molecule has 0 radical (unpaired) electrons. The van der Waals surface area contributed by atoms with Crippen molar-refractivity contribution in [2.24, 2.45) is 5.41 Å². The number of benzene rings is 1. The van der Waals surface area contributed by atoms with Crippen molar-refractivity contribution in [3.05, 3.63) is 53.6 Å². The van der Waals surface area contributed by atoms with Crippen LogP contribution in [0.1, 0.15) is 80.7 Å². The van der Waals surface area contributed by atoms with Gasteiger partial charge < -0.3 is 15.0 Å². The third-order valence-electron chi connectivity index (χ3n) is 9.37. The number of carbonyl (C=O) groups is 2. The lowest BCUT2D eigenvalue weighted by molar-refractivity contribution is -0.141. The van der Waals surface area contributed by atoms with Crippen LogP contribution in [0.2, 0.25) is 0 Å². The number of piperidine rings is 2. The number of amides is 2. The largest absolute Gasteiger partial charge is 0.491 e. The molecule has 1 N–H and O–H groups in total. The van der Waals surface area contributed by atoms with Crippen LogP contribution in [0.15, 0.2) is 36.7 Å². The Morgan fingerprint density at radius 3 is 2.63 bits per heavy atom. The van der Waals surface area contributed by atoms with E-state index >= 15 is 0 Å². The highest BCUT2D eigenvalue weighted by Crippen LogP contribution is 2.38. The van der Waals surface area contributed by atoms with E-state index in [0.29, 0.717) is 65.0 Å². The number of rotatable bonds is 5. The molecule has 11 heteroatoms. The molecule has 4 heterocycles. The minimum Gasteiger partial charge on any atom is -0.491 e. The summed E-state index contributed by atoms with van der Waals surface area (Å²) in [4.78, 5) is 37.5. The quantitative estimate of drug-likeness (QED) is 0.550. The Hall–Kier alpha value is -3.05. The molecule has 3 aliphatic rings. The Bertz CT molecular complexity index is 1360. The zero-order chi connectivity index (χ0) is 30.3. The maximum atomic E-state index is 13.4. The van der Waals surface area contributed by atoms with Gasteiger partial charge in [-0.15, -0.1) is 0 Å². The normalized spacial score (nSPS) is 22.3. The molecule has 1 aromatic heterocycles. The Kier molecular flexibility index (Phi) is 10.3. The number of para-hydroxylation sites is 1. The fraction of sp³-hybridized carbons (Fsp3) is 0.625. The molecule has 2 aromatic rings. The molecule has 234 valence electrons. The molecule has 2 saturated heterocycles. The predicted molar refractivity (Wildman–Crippen MR) is 164 cm³/mol. The van der Waals surface area contributed by atoms with Gasteiger partial charge in [0.1, 0.15) is 12.4 Å². The lowest BCUT2D eigenvalue weighted by Crippen LogP contribution is -2.50. The Morgan fingerprint density at radius 2 is 1.86 bits per heavy atom. The van der Waals surface area contributed by atoms with Crippen molar-refractivity contribution < 1.29 is 22.7 Å². The Balaban J connectivity index is 1.10. The number of hydrogen-bond acceptors (Lipinski definition) is 7. The first-order chi connectivity index (χ1) is 20.7. The van der Waals surface area contributed by atoms with Crippen LogP contribution >= 0.6 is 0 Å². The fourth-order valence-corrected chi connectivity index (χ4v) is 7.59. The first-order valence-corrected chi connectivity index (χ1v) is 17.6. The number of ether oxygens (including phenoxy) is 1. The van der Waals surface area contributed by atoms with Gasteiger partial charge in [0.2, 0.25) is 21.8 Å². The molecule has 43 heavy (non-hydrogen) atoms. The number of aromatic nitrogens is 2. The van der Waals surface area contributed by atoms with Gasteiger partial charge >= 0.3 is 0 Å². The first-order valence-electron chi connectivity index (χ1n) is 15.8. The van der Waals surface area contributed by atoms with E-state index in [4.69, 9.17) is 4.74 Å². The van der Waals surface area contributed by atoms with Crippen molar-refractivity contribution in [2.45, 2.75) is 76.5 Å². The van der Waals surface area contributed by atoms with Crippen LogP contribution in [0.3, 0.4) is 0 Å². The maximum absolute atomic E-state index is 13.4. The highest BCUT2D eigenvalue weighted by Gasteiger charge is 2.41. The van der Waals surface area contributed by atoms with E-state index in [1.807, 2.05) is 23.1 Å². The second-order valence-electron chi connectivity index (χ2n) is 12.3. The molecular weight excluding hydrogens is 566 g/mol. The van der Waals surface area contributed by atoms with E-state index in [1.165, 1.54) is 16.1 Å². The van der Waals surface area contributed by atoms with Gasteiger partial charge in [0.05, 0.1) is 29.6 Å². The summed E-state index contributed by atoms with van der Waals surface area (Å²) in [5.41, 5.74) is 2.33. The summed E-state index contributed by atoms with van der Waals surface area (Å²) in [6, 6.07) is 8.15. The molecule has 0 saturated carbocycles. The van der Waals surface area contributed by atoms with Gasteiger partial charge in [-0.05, 0) is 63.0 Å². The topological polar surface area (TPSA) is 122 Å². The fourth-order valence-electron chi connectivity index (χ4n) is 6.68. The predicted octanol–water partition coefficient (Wildman–Crippen LogP) is 3.47. The summed E-state index contributed by atoms with van der Waals surface area (Å²) in [6.07, 6.45) is 13.5. The summed E-state index contributed by atoms with van der Waals surface area (Å²) < 4.78 is 31.4. The van der Waals surface area contributed by atoms with Crippen molar-refractivity contribution in [1.82, 2.24) is 24.5 Å². The first kappa shape index (κ1) is 31.4. The zero-order valence-electron chi connectivity index (χ0n) is 25.3. The summed E-state index contributed by atoms with van der Waals surface area (Å²) in [6.45, 7) is 3.05. The maximum Gasteiger partial charge on any atom is 0.226 e. The minimum atomic E-state index is -3.22. The van der Waals surface area contributed by atoms with Gasteiger partial charge in [0, 0.05) is 50.9 Å². The SMILES string of the molecule is CS(=O)(=O)N1CCCC(c2cnc(CCC(=O)N3CCC4(CCCCCc5ccccc5OCCNC4=O)CC3)cn2)C1. The second kappa shape index (κ2) is 14.2. The molecule has 2 amide bonds. The number of sulfonamides is 1. The van der Waals surface area contributed by atoms with Gasteiger partial charge in [-0.3, -0.25) is 19.6 Å². The summed E-state index contributed by atoms with van der Waals surface area (Å²) in [7, 11) is -3.22. The molecule has 1 atom stereocenters. The van der Waals surface area contributed by atoms with Crippen molar-refractivity contribution in [1.29, 1.82) is 0 Å². The van der Waals surface area contributed by atoms with E-state index in [1.54, 1.807) is 12.4 Å². The van der Waals surface area contributed by atoms with E-state index in [2.05, 4.69) is 21.4 Å². The van der Waals surface area contributed by atoms with Gasteiger partial charge in [-0.1, -0.05) is 31.0 Å². The van der Waals surface area contributed by atoms with Crippen molar-refractivity contribution in [3.63, 3.8) is 0 Å². The van der Waals surface area contributed by atoms with Crippen LogP contribution in [-0.4, -0.2) is 85.0 Å². The molecule has 0 aliphatic carbocycles. The molecule has 5 rings (SSSR count). The molecule has 1 unspecified atom stereocenters. The average molecular weight is 612 g/mol. The third kappa shape index (κ3) is 8.12. The van der Waals surface area contributed by atoms with Crippen LogP contribution in [0, 0.1) is 5.41 Å². The third-order valence-corrected chi connectivity index (χ3v) is 10.6. The van der Waals surface area contributed by atoms with Crippen LogP contribution in [0.5, 0.6) is 5.75 Å². The second-order valence-corrected chi connectivity index (χ2v) is 14.3. The molecule has 2 fully saturated rings. The smallest absolute Gasteiger partial charge is 0.226 e. The monoisotopic (exact) mass is 611 g/mol. The zero-order valence-corrected chi connectivity index (χ0v) is 26.1. The van der Waals surface area contributed by atoms with Crippen LogP contribution in [0.25, 0.3) is 0 Å². The standard InChI is InChI=1S/C32H45N5O5S/c1-43(40,41)37-18-7-10-26(24-37)28-23-34-27(22-35-28)12-13-30(38)36-19-15-32(16-20-36)14-6-2-3-8-25-9-4-5-11-29(25)42-21-17-33-31(32)39/h4-5,9,11,22-23,26H,2-3,6-8,10,12-21,24H2,1H3,(H,33,39). The molecular formula is C32H45N5O5S. The van der Waals surface area contributed by atoms with Crippen LogP contribution in [0.4, 0.5) is 0 Å². The number of aryl methyl sites for hydroxylation is 2. The van der Waals surface area contributed by atoms with Crippen molar-refractivity contribution in [3.8, 4) is 5.75 Å². The molecule has 1 aromatic carbocycles. The lowest BCUT2D eigenvalue weighted by Gasteiger charge is -2.41. The Morgan fingerprint density at radius 1 is 1.05 bits per heavy atom. The lowest BCUT2D eigenvalue weighted by atomic mass is 9.73. The summed E-state index contributed by atoms with van der Waals surface area (Å²) in [5, 5.41) is 3.13. The van der Waals surface area contributed by atoms with Gasteiger partial charge in [0.25, 0.3) is 0 Å². The van der Waals surface area contributed by atoms with Crippen LogP contribution in [-0.2, 0) is 32.5 Å². The van der Waals surface area contributed by atoms with E-state index < -0.39 is 15.4 Å². The number of fused-ring (bicyclic) bond motifs is 1. The van der Waals surface area contributed by atoms with Gasteiger partial charge in [-0.2, -0.15) is 0 Å². The van der Waals surface area contributed by atoms with E-state index in [9.17, 15) is 18.0 Å². The Labute approximate surface area is 255 Å². The number of nitrogens with one attached hydrogen (secondary N) is 1. The molecule has 0 bridgehead atoms. The number of carbonyl (C=O) groups excluding carboxylic acids is 2. The molecule has 1 spiro atoms. The highest BCUT2D eigenvalue weighted by molar-refractivity contribution is 7.88. The van der Waals surface area contributed by atoms with Crippen molar-refractivity contribution in [2.75, 3.05) is 45.6 Å². The highest BCUT2D eigenvalue weighted by atomic mass is 32.2. The number of nitrogens with zero attached hydrogens (tertiary/aromatic N) is 4. The number of likely N-dealkylation sites (tertiary alicyclic amines) is 1. The molecule has 3 aliphatic heterocycles. The van der Waals surface area contributed by atoms with E-state index in [-0.39, 0.29) is 17.7 Å². The van der Waals surface area contributed by atoms with Crippen molar-refractivity contribution >= 4 is 21.8 Å². The number of hydrogen-bond donors (Lipinski definition) is 1. The minimum absolute atomic E-state index is 0.0357. The van der Waals surface area contributed by atoms with Gasteiger partial charge in [-0.25, -0.2) is 12.7 Å². The summed E-state index contributed by atoms with van der Waals surface area (Å²) >= 11 is 0. The molecule has 10 nitrogen and oxygen atoms in total.